The molecule has 1 aliphatic heterocycles. The van der Waals surface area contributed by atoms with Crippen molar-refractivity contribution in [2.24, 2.45) is 0 Å². The summed E-state index contributed by atoms with van der Waals surface area (Å²) in [5.74, 6) is -1.07. The van der Waals surface area contributed by atoms with Gasteiger partial charge in [0.25, 0.3) is 0 Å². The lowest BCUT2D eigenvalue weighted by Crippen LogP contribution is -2.36. The van der Waals surface area contributed by atoms with Crippen LogP contribution in [0.1, 0.15) is 16.8 Å². The van der Waals surface area contributed by atoms with Crippen molar-refractivity contribution >= 4 is 29.3 Å². The number of amides is 2. The maximum absolute atomic E-state index is 12.1. The molecule has 0 bridgehead atoms. The van der Waals surface area contributed by atoms with E-state index in [9.17, 15) is 9.59 Å². The van der Waals surface area contributed by atoms with Crippen molar-refractivity contribution < 1.29 is 19.4 Å². The number of halogens is 1. The minimum Gasteiger partial charge on any atom is -0.478 e. The molecule has 108 valence electrons. The Morgan fingerprint density at radius 2 is 2.10 bits per heavy atom. The Bertz CT molecular complexity index is 513. The first-order valence-corrected chi connectivity index (χ1v) is 6.62. The van der Waals surface area contributed by atoms with Gasteiger partial charge in [0, 0.05) is 19.7 Å². The molecule has 0 aromatic heterocycles. The van der Waals surface area contributed by atoms with Crippen molar-refractivity contribution in [3.63, 3.8) is 0 Å². The Labute approximate surface area is 121 Å². The Kier molecular flexibility index (Phi) is 4.81. The minimum atomic E-state index is -1.07. The van der Waals surface area contributed by atoms with Crippen LogP contribution in [0.2, 0.25) is 5.02 Å². The molecule has 1 heterocycles. The number of ether oxygens (including phenoxy) is 1. The van der Waals surface area contributed by atoms with Gasteiger partial charge in [-0.15, -0.1) is 0 Å². The zero-order chi connectivity index (χ0) is 14.5. The molecule has 1 fully saturated rings. The van der Waals surface area contributed by atoms with E-state index in [0.29, 0.717) is 37.0 Å². The molecule has 0 spiro atoms. The van der Waals surface area contributed by atoms with Gasteiger partial charge in [0.1, 0.15) is 0 Å². The zero-order valence-electron chi connectivity index (χ0n) is 10.8. The molecule has 2 rings (SSSR count). The molecule has 6 nitrogen and oxygen atoms in total. The van der Waals surface area contributed by atoms with Gasteiger partial charge in [0.15, 0.2) is 0 Å². The molecule has 0 radical (unpaired) electrons. The van der Waals surface area contributed by atoms with Gasteiger partial charge in [0.05, 0.1) is 22.9 Å². The number of rotatable bonds is 2. The lowest BCUT2D eigenvalue weighted by Gasteiger charge is -2.20. The summed E-state index contributed by atoms with van der Waals surface area (Å²) < 4.78 is 5.27. The van der Waals surface area contributed by atoms with E-state index < -0.39 is 5.97 Å². The molecule has 2 N–H and O–H groups in total. The second kappa shape index (κ2) is 6.58. The molecule has 1 saturated heterocycles. The fourth-order valence-corrected chi connectivity index (χ4v) is 2.06. The number of nitrogens with zero attached hydrogens (tertiary/aromatic N) is 1. The summed E-state index contributed by atoms with van der Waals surface area (Å²) in [4.78, 5) is 24.6. The van der Waals surface area contributed by atoms with Crippen LogP contribution in [-0.2, 0) is 4.74 Å². The molecule has 1 aromatic carbocycles. The SMILES string of the molecule is O=C(O)c1ccc(Cl)c(NC(=O)N2CCCOCC2)c1. The number of aromatic carboxylic acids is 1. The van der Waals surface area contributed by atoms with Crippen molar-refractivity contribution in [2.75, 3.05) is 31.6 Å². The second-order valence-corrected chi connectivity index (χ2v) is 4.79. The highest BCUT2D eigenvalue weighted by Crippen LogP contribution is 2.23. The molecule has 20 heavy (non-hydrogen) atoms. The molecular formula is C13H15ClN2O4. The van der Waals surface area contributed by atoms with E-state index in [-0.39, 0.29) is 11.6 Å². The van der Waals surface area contributed by atoms with Crippen LogP contribution < -0.4 is 5.32 Å². The fraction of sp³-hybridized carbons (Fsp3) is 0.385. The van der Waals surface area contributed by atoms with Crippen LogP contribution >= 0.6 is 11.6 Å². The minimum absolute atomic E-state index is 0.0731. The number of benzene rings is 1. The predicted octanol–water partition coefficient (Wildman–Crippen LogP) is 2.29. The van der Waals surface area contributed by atoms with Gasteiger partial charge < -0.3 is 20.1 Å². The predicted molar refractivity (Wildman–Crippen MR) is 74.4 cm³/mol. The molecule has 1 aromatic rings. The average molecular weight is 299 g/mol. The number of carboxylic acid groups (broad SMARTS) is 1. The van der Waals surface area contributed by atoms with Crippen molar-refractivity contribution in [3.05, 3.63) is 28.8 Å². The maximum atomic E-state index is 12.1. The molecule has 7 heteroatoms. The van der Waals surface area contributed by atoms with E-state index in [2.05, 4.69) is 5.32 Å². The van der Waals surface area contributed by atoms with Crippen LogP contribution in [0.5, 0.6) is 0 Å². The van der Waals surface area contributed by atoms with Crippen LogP contribution in [0.3, 0.4) is 0 Å². The highest BCUT2D eigenvalue weighted by Gasteiger charge is 2.17. The van der Waals surface area contributed by atoms with Gasteiger partial charge in [-0.3, -0.25) is 0 Å². The van der Waals surface area contributed by atoms with Crippen LogP contribution in [-0.4, -0.2) is 48.3 Å². The smallest absolute Gasteiger partial charge is 0.335 e. The Balaban J connectivity index is 2.10. The summed E-state index contributed by atoms with van der Waals surface area (Å²) in [5.41, 5.74) is 0.366. The first kappa shape index (κ1) is 14.6. The Hall–Kier alpha value is -1.79. The first-order valence-electron chi connectivity index (χ1n) is 6.24. The van der Waals surface area contributed by atoms with Gasteiger partial charge in [-0.25, -0.2) is 9.59 Å². The quantitative estimate of drug-likeness (QED) is 0.878. The number of urea groups is 1. The topological polar surface area (TPSA) is 78.9 Å². The summed E-state index contributed by atoms with van der Waals surface area (Å²) in [5, 5.41) is 11.9. The zero-order valence-corrected chi connectivity index (χ0v) is 11.5. The first-order chi connectivity index (χ1) is 9.58. The summed E-state index contributed by atoms with van der Waals surface area (Å²) in [6.07, 6.45) is 0.774. The van der Waals surface area contributed by atoms with Crippen molar-refractivity contribution in [2.45, 2.75) is 6.42 Å². The van der Waals surface area contributed by atoms with E-state index in [4.69, 9.17) is 21.4 Å². The molecule has 0 atom stereocenters. The van der Waals surface area contributed by atoms with E-state index >= 15 is 0 Å². The summed E-state index contributed by atoms with van der Waals surface area (Å²) >= 11 is 5.97. The Morgan fingerprint density at radius 3 is 2.85 bits per heavy atom. The van der Waals surface area contributed by atoms with Gasteiger partial charge >= 0.3 is 12.0 Å². The van der Waals surface area contributed by atoms with Gasteiger partial charge in [-0.1, -0.05) is 11.6 Å². The molecule has 0 unspecified atom stereocenters. The lowest BCUT2D eigenvalue weighted by atomic mass is 10.2. The van der Waals surface area contributed by atoms with Gasteiger partial charge in [-0.05, 0) is 24.6 Å². The molecule has 0 aliphatic carbocycles. The number of hydrogen-bond donors (Lipinski definition) is 2. The Morgan fingerprint density at radius 1 is 1.30 bits per heavy atom. The van der Waals surface area contributed by atoms with E-state index in [1.54, 1.807) is 4.90 Å². The number of carboxylic acids is 1. The standard InChI is InChI=1S/C13H15ClN2O4/c14-10-3-2-9(12(17)18)8-11(10)15-13(19)16-4-1-6-20-7-5-16/h2-3,8H,1,4-7H2,(H,15,19)(H,17,18). The number of carbonyl (C=O) groups is 2. The fourth-order valence-electron chi connectivity index (χ4n) is 1.90. The van der Waals surface area contributed by atoms with Crippen LogP contribution in [0.15, 0.2) is 18.2 Å². The third-order valence-corrected chi connectivity index (χ3v) is 3.29. The van der Waals surface area contributed by atoms with Gasteiger partial charge in [-0.2, -0.15) is 0 Å². The maximum Gasteiger partial charge on any atom is 0.335 e. The summed E-state index contributed by atoms with van der Waals surface area (Å²) in [7, 11) is 0. The highest BCUT2D eigenvalue weighted by molar-refractivity contribution is 6.33. The third-order valence-electron chi connectivity index (χ3n) is 2.96. The van der Waals surface area contributed by atoms with E-state index in [0.717, 1.165) is 6.42 Å². The van der Waals surface area contributed by atoms with Crippen LogP contribution in [0.25, 0.3) is 0 Å². The largest absolute Gasteiger partial charge is 0.478 e. The van der Waals surface area contributed by atoms with E-state index in [1.165, 1.54) is 18.2 Å². The van der Waals surface area contributed by atoms with Crippen molar-refractivity contribution in [3.8, 4) is 0 Å². The summed E-state index contributed by atoms with van der Waals surface area (Å²) in [6, 6.07) is 3.88. The van der Waals surface area contributed by atoms with Crippen molar-refractivity contribution in [1.82, 2.24) is 4.90 Å². The van der Waals surface area contributed by atoms with E-state index in [1.807, 2.05) is 0 Å². The normalized spacial score (nSPS) is 15.6. The number of nitrogens with one attached hydrogen (secondary N) is 1. The second-order valence-electron chi connectivity index (χ2n) is 4.38. The average Bonchev–Trinajstić information content (AvgIpc) is 2.70. The van der Waals surface area contributed by atoms with Gasteiger partial charge in [0.2, 0.25) is 0 Å². The van der Waals surface area contributed by atoms with Crippen LogP contribution in [0.4, 0.5) is 10.5 Å². The van der Waals surface area contributed by atoms with Crippen LogP contribution in [0, 0.1) is 0 Å². The van der Waals surface area contributed by atoms with Crippen molar-refractivity contribution in [1.29, 1.82) is 0 Å². The highest BCUT2D eigenvalue weighted by atomic mass is 35.5. The summed E-state index contributed by atoms with van der Waals surface area (Å²) in [6.45, 7) is 2.24. The molecule has 1 aliphatic rings. The molecular weight excluding hydrogens is 284 g/mol. The monoisotopic (exact) mass is 298 g/mol. The third kappa shape index (κ3) is 3.61. The molecule has 2 amide bonds. The molecule has 0 saturated carbocycles. The number of carbonyl (C=O) groups excluding carboxylic acids is 1. The number of hydrogen-bond acceptors (Lipinski definition) is 3. The lowest BCUT2D eigenvalue weighted by molar-refractivity contribution is 0.0697. The number of anilines is 1.